The molecule has 0 aliphatic carbocycles. The maximum absolute atomic E-state index is 11.7. The summed E-state index contributed by atoms with van der Waals surface area (Å²) < 4.78 is 0. The van der Waals surface area contributed by atoms with E-state index in [1.54, 1.807) is 0 Å². The molecule has 1 aliphatic heterocycles. The summed E-state index contributed by atoms with van der Waals surface area (Å²) in [6.07, 6.45) is 0. The Bertz CT molecular complexity index is 407. The van der Waals surface area contributed by atoms with Gasteiger partial charge in [-0.1, -0.05) is 18.2 Å². The van der Waals surface area contributed by atoms with Gasteiger partial charge < -0.3 is 10.0 Å². The number of para-hydroxylation sites is 1. The van der Waals surface area contributed by atoms with Crippen molar-refractivity contribution < 1.29 is 14.7 Å². The van der Waals surface area contributed by atoms with Gasteiger partial charge in [-0.2, -0.15) is 0 Å². The molecule has 1 unspecified atom stereocenters. The molecule has 5 heteroatoms. The number of aliphatic carboxylic acids is 1. The first-order valence-corrected chi connectivity index (χ1v) is 5.93. The molecule has 4 nitrogen and oxygen atoms in total. The van der Waals surface area contributed by atoms with E-state index in [0.717, 1.165) is 5.69 Å². The molecule has 1 N–H and O–H groups in total. The highest BCUT2D eigenvalue weighted by atomic mass is 32.2. The third kappa shape index (κ3) is 2.19. The molecule has 1 atom stereocenters. The van der Waals surface area contributed by atoms with Gasteiger partial charge in [0.1, 0.15) is 5.25 Å². The van der Waals surface area contributed by atoms with Crippen molar-refractivity contribution in [2.75, 3.05) is 17.2 Å². The van der Waals surface area contributed by atoms with Gasteiger partial charge in [-0.15, -0.1) is 11.8 Å². The lowest BCUT2D eigenvalue weighted by Gasteiger charge is -2.30. The van der Waals surface area contributed by atoms with Crippen LogP contribution in [0.25, 0.3) is 0 Å². The van der Waals surface area contributed by atoms with Crippen LogP contribution in [-0.4, -0.2) is 34.5 Å². The van der Waals surface area contributed by atoms with Crippen LogP contribution in [0.1, 0.15) is 0 Å². The summed E-state index contributed by atoms with van der Waals surface area (Å²) in [5, 5.41) is 8.40. The summed E-state index contributed by atoms with van der Waals surface area (Å²) in [5.74, 6) is -0.668. The van der Waals surface area contributed by atoms with Crippen molar-refractivity contribution in [1.29, 1.82) is 0 Å². The van der Waals surface area contributed by atoms with Crippen molar-refractivity contribution in [3.8, 4) is 0 Å². The molecular weight excluding hydrogens is 226 g/mol. The summed E-state index contributed by atoms with van der Waals surface area (Å²) in [7, 11) is 0. The molecule has 2 rings (SSSR count). The standard InChI is InChI=1S/C11H11NO3S/c13-10-7-16-9(11(14)15)6-12(10)8-4-2-1-3-5-8/h1-5,9H,6-7H2,(H,14,15). The molecule has 0 spiro atoms. The van der Waals surface area contributed by atoms with Crippen LogP contribution in [0.5, 0.6) is 0 Å². The van der Waals surface area contributed by atoms with Crippen LogP contribution in [0.2, 0.25) is 0 Å². The minimum absolute atomic E-state index is 0.0336. The van der Waals surface area contributed by atoms with Crippen LogP contribution >= 0.6 is 11.8 Å². The van der Waals surface area contributed by atoms with Crippen LogP contribution in [0.4, 0.5) is 5.69 Å². The normalized spacial score (nSPS) is 20.9. The van der Waals surface area contributed by atoms with E-state index in [1.165, 1.54) is 16.7 Å². The number of carbonyl (C=O) groups is 2. The van der Waals surface area contributed by atoms with Gasteiger partial charge in [-0.25, -0.2) is 0 Å². The molecule has 1 amide bonds. The van der Waals surface area contributed by atoms with E-state index in [2.05, 4.69) is 0 Å². The summed E-state index contributed by atoms with van der Waals surface area (Å²) in [6, 6.07) is 9.15. The molecule has 1 heterocycles. The molecule has 16 heavy (non-hydrogen) atoms. The Morgan fingerprint density at radius 3 is 2.69 bits per heavy atom. The minimum Gasteiger partial charge on any atom is -0.480 e. The zero-order valence-electron chi connectivity index (χ0n) is 8.50. The highest BCUT2D eigenvalue weighted by molar-refractivity contribution is 8.01. The van der Waals surface area contributed by atoms with Crippen molar-refractivity contribution in [3.63, 3.8) is 0 Å². The Kier molecular flexibility index (Phi) is 3.14. The van der Waals surface area contributed by atoms with Gasteiger partial charge in [-0.05, 0) is 12.1 Å². The zero-order chi connectivity index (χ0) is 11.5. The van der Waals surface area contributed by atoms with Crippen molar-refractivity contribution >= 4 is 29.3 Å². The first-order chi connectivity index (χ1) is 7.68. The Hall–Kier alpha value is -1.49. The molecule has 1 saturated heterocycles. The second-order valence-corrected chi connectivity index (χ2v) is 4.67. The van der Waals surface area contributed by atoms with Crippen molar-refractivity contribution in [1.82, 2.24) is 0 Å². The first-order valence-electron chi connectivity index (χ1n) is 4.88. The largest absolute Gasteiger partial charge is 0.480 e. The summed E-state index contributed by atoms with van der Waals surface area (Å²) >= 11 is 1.19. The Balaban J connectivity index is 2.19. The fourth-order valence-electron chi connectivity index (χ4n) is 1.58. The van der Waals surface area contributed by atoms with Gasteiger partial charge in [0.15, 0.2) is 0 Å². The van der Waals surface area contributed by atoms with E-state index in [-0.39, 0.29) is 18.2 Å². The molecule has 1 aromatic rings. The highest BCUT2D eigenvalue weighted by Gasteiger charge is 2.31. The van der Waals surface area contributed by atoms with Gasteiger partial charge in [0, 0.05) is 12.2 Å². The topological polar surface area (TPSA) is 57.6 Å². The minimum atomic E-state index is -0.863. The fourth-order valence-corrected chi connectivity index (χ4v) is 2.47. The Morgan fingerprint density at radius 1 is 1.38 bits per heavy atom. The van der Waals surface area contributed by atoms with E-state index in [0.29, 0.717) is 0 Å². The number of hydrogen-bond donors (Lipinski definition) is 1. The third-order valence-corrected chi connectivity index (χ3v) is 3.57. The van der Waals surface area contributed by atoms with Gasteiger partial charge >= 0.3 is 5.97 Å². The molecule has 0 aromatic heterocycles. The first kappa shape index (κ1) is 11.0. The number of rotatable bonds is 2. The van der Waals surface area contributed by atoms with E-state index in [4.69, 9.17) is 5.11 Å². The van der Waals surface area contributed by atoms with Crippen molar-refractivity contribution in [2.45, 2.75) is 5.25 Å². The molecular formula is C11H11NO3S. The lowest BCUT2D eigenvalue weighted by atomic mass is 10.2. The number of carbonyl (C=O) groups excluding carboxylic acids is 1. The van der Waals surface area contributed by atoms with Gasteiger partial charge in [0.25, 0.3) is 0 Å². The molecule has 1 aliphatic rings. The smallest absolute Gasteiger partial charge is 0.318 e. The lowest BCUT2D eigenvalue weighted by molar-refractivity contribution is -0.136. The van der Waals surface area contributed by atoms with Crippen molar-refractivity contribution in [3.05, 3.63) is 30.3 Å². The van der Waals surface area contributed by atoms with E-state index in [9.17, 15) is 9.59 Å². The van der Waals surface area contributed by atoms with Gasteiger partial charge in [0.05, 0.1) is 5.75 Å². The van der Waals surface area contributed by atoms with Crippen LogP contribution < -0.4 is 4.90 Å². The summed E-state index contributed by atoms with van der Waals surface area (Å²) in [4.78, 5) is 24.1. The SMILES string of the molecule is O=C(O)C1CN(c2ccccc2)C(=O)CS1. The van der Waals surface area contributed by atoms with E-state index in [1.807, 2.05) is 30.3 Å². The maximum Gasteiger partial charge on any atom is 0.318 e. The van der Waals surface area contributed by atoms with Crippen LogP contribution in [0.15, 0.2) is 30.3 Å². The zero-order valence-corrected chi connectivity index (χ0v) is 9.31. The molecule has 1 aromatic carbocycles. The maximum atomic E-state index is 11.7. The second-order valence-electron chi connectivity index (χ2n) is 3.48. The average molecular weight is 237 g/mol. The fraction of sp³-hybridized carbons (Fsp3) is 0.273. The molecule has 84 valence electrons. The average Bonchev–Trinajstić information content (AvgIpc) is 2.30. The summed E-state index contributed by atoms with van der Waals surface area (Å²) in [5.41, 5.74) is 0.763. The van der Waals surface area contributed by atoms with E-state index >= 15 is 0 Å². The number of benzene rings is 1. The highest BCUT2D eigenvalue weighted by Crippen LogP contribution is 2.24. The number of amides is 1. The number of thioether (sulfide) groups is 1. The van der Waals surface area contributed by atoms with Gasteiger partial charge in [-0.3, -0.25) is 9.59 Å². The van der Waals surface area contributed by atoms with Crippen LogP contribution in [-0.2, 0) is 9.59 Å². The second kappa shape index (κ2) is 4.57. The Labute approximate surface area is 97.3 Å². The van der Waals surface area contributed by atoms with Crippen molar-refractivity contribution in [2.24, 2.45) is 0 Å². The Morgan fingerprint density at radius 2 is 2.06 bits per heavy atom. The quantitative estimate of drug-likeness (QED) is 0.840. The number of carboxylic acids is 1. The molecule has 0 bridgehead atoms. The third-order valence-electron chi connectivity index (χ3n) is 2.40. The van der Waals surface area contributed by atoms with Crippen LogP contribution in [0.3, 0.4) is 0 Å². The number of carboxylic acid groups (broad SMARTS) is 1. The number of nitrogens with zero attached hydrogens (tertiary/aromatic N) is 1. The van der Waals surface area contributed by atoms with E-state index < -0.39 is 11.2 Å². The molecule has 0 saturated carbocycles. The number of hydrogen-bond acceptors (Lipinski definition) is 3. The molecule has 1 fully saturated rings. The predicted molar refractivity (Wildman–Crippen MR) is 62.7 cm³/mol. The van der Waals surface area contributed by atoms with Gasteiger partial charge in [0.2, 0.25) is 5.91 Å². The molecule has 0 radical (unpaired) electrons. The monoisotopic (exact) mass is 237 g/mol. The summed E-state index contributed by atoms with van der Waals surface area (Å²) in [6.45, 7) is 0.239. The number of anilines is 1. The predicted octanol–water partition coefficient (Wildman–Crippen LogP) is 1.22. The van der Waals surface area contributed by atoms with Crippen LogP contribution in [0, 0.1) is 0 Å². The lowest BCUT2D eigenvalue weighted by Crippen LogP contribution is -2.45.